The number of aryl methyl sites for hydroxylation is 1. The predicted octanol–water partition coefficient (Wildman–Crippen LogP) is 3.12. The summed E-state index contributed by atoms with van der Waals surface area (Å²) in [5.74, 6) is -0.254. The number of hydrogen-bond donors (Lipinski definition) is 1. The molecule has 19 heavy (non-hydrogen) atoms. The Morgan fingerprint density at radius 1 is 1.47 bits per heavy atom. The molecule has 0 amide bonds. The molecular formula is C16H23NO2. The van der Waals surface area contributed by atoms with Gasteiger partial charge in [0, 0.05) is 0 Å². The highest BCUT2D eigenvalue weighted by atomic mass is 16.5. The van der Waals surface area contributed by atoms with Crippen molar-refractivity contribution in [2.75, 3.05) is 0 Å². The van der Waals surface area contributed by atoms with Crippen LogP contribution in [0, 0.1) is 0 Å². The van der Waals surface area contributed by atoms with Gasteiger partial charge in [-0.3, -0.25) is 4.79 Å². The normalized spacial score (nSPS) is 19.6. The van der Waals surface area contributed by atoms with Crippen LogP contribution in [0.5, 0.6) is 0 Å². The van der Waals surface area contributed by atoms with Crippen LogP contribution in [0.3, 0.4) is 0 Å². The van der Waals surface area contributed by atoms with Crippen LogP contribution >= 0.6 is 0 Å². The number of carbonyl (C=O) groups is 1. The van der Waals surface area contributed by atoms with Gasteiger partial charge in [0.2, 0.25) is 0 Å². The van der Waals surface area contributed by atoms with E-state index in [0.717, 1.165) is 37.7 Å². The minimum absolute atomic E-state index is 0.106. The zero-order chi connectivity index (χ0) is 13.7. The van der Waals surface area contributed by atoms with Gasteiger partial charge in [-0.25, -0.2) is 0 Å². The van der Waals surface area contributed by atoms with Crippen molar-refractivity contribution in [3.05, 3.63) is 35.4 Å². The fourth-order valence-corrected chi connectivity index (χ4v) is 2.60. The topological polar surface area (TPSA) is 52.3 Å². The third-order valence-electron chi connectivity index (χ3n) is 3.74. The minimum Gasteiger partial charge on any atom is -0.456 e. The van der Waals surface area contributed by atoms with E-state index in [1.807, 2.05) is 12.1 Å². The van der Waals surface area contributed by atoms with Crippen molar-refractivity contribution < 1.29 is 9.53 Å². The number of nitrogens with two attached hydrogens (primary N) is 1. The molecule has 3 heteroatoms. The van der Waals surface area contributed by atoms with Crippen molar-refractivity contribution in [1.29, 1.82) is 0 Å². The van der Waals surface area contributed by atoms with Crippen LogP contribution in [0.25, 0.3) is 0 Å². The molecule has 0 spiro atoms. The van der Waals surface area contributed by atoms with Crippen LogP contribution in [0.4, 0.5) is 0 Å². The first-order valence-corrected chi connectivity index (χ1v) is 7.26. The van der Waals surface area contributed by atoms with Gasteiger partial charge in [-0.1, -0.05) is 44.0 Å². The Hall–Kier alpha value is -1.35. The molecule has 104 valence electrons. The quantitative estimate of drug-likeness (QED) is 0.828. The molecule has 1 unspecified atom stereocenters. The highest BCUT2D eigenvalue weighted by Gasteiger charge is 2.25. The van der Waals surface area contributed by atoms with Crippen LogP contribution < -0.4 is 5.73 Å². The van der Waals surface area contributed by atoms with Gasteiger partial charge < -0.3 is 10.5 Å². The average molecular weight is 261 g/mol. The Morgan fingerprint density at radius 2 is 2.26 bits per heavy atom. The maximum atomic E-state index is 12.0. The summed E-state index contributed by atoms with van der Waals surface area (Å²) in [6.07, 6.45) is 5.67. The third-order valence-corrected chi connectivity index (χ3v) is 3.74. The molecule has 1 aliphatic rings. The standard InChI is InChI=1S/C16H23NO2/c1-2-3-10-14(17)16(18)19-15-11-6-8-12-7-4-5-9-13(12)15/h4-5,7,9,14-15H,2-3,6,8,10-11,17H2,1H3/t14-,15?/m0/s1. The molecule has 0 saturated heterocycles. The zero-order valence-corrected chi connectivity index (χ0v) is 11.6. The summed E-state index contributed by atoms with van der Waals surface area (Å²) in [7, 11) is 0. The summed E-state index contributed by atoms with van der Waals surface area (Å²) in [5.41, 5.74) is 8.32. The van der Waals surface area contributed by atoms with Crippen LogP contribution in [-0.4, -0.2) is 12.0 Å². The molecule has 1 aromatic carbocycles. The molecule has 0 heterocycles. The van der Waals surface area contributed by atoms with Gasteiger partial charge in [0.15, 0.2) is 0 Å². The summed E-state index contributed by atoms with van der Waals surface area (Å²) in [6.45, 7) is 2.09. The summed E-state index contributed by atoms with van der Waals surface area (Å²) < 4.78 is 5.61. The molecule has 0 saturated carbocycles. The third kappa shape index (κ3) is 3.57. The lowest BCUT2D eigenvalue weighted by Gasteiger charge is -2.26. The van der Waals surface area contributed by atoms with E-state index in [4.69, 9.17) is 10.5 Å². The lowest BCUT2D eigenvalue weighted by Crippen LogP contribution is -2.33. The van der Waals surface area contributed by atoms with Gasteiger partial charge in [-0.05, 0) is 36.8 Å². The number of benzene rings is 1. The van der Waals surface area contributed by atoms with Crippen LogP contribution in [-0.2, 0) is 16.0 Å². The number of carbonyl (C=O) groups excluding carboxylic acids is 1. The zero-order valence-electron chi connectivity index (χ0n) is 11.6. The molecule has 2 N–H and O–H groups in total. The van der Waals surface area contributed by atoms with Crippen molar-refractivity contribution in [2.45, 2.75) is 57.6 Å². The van der Waals surface area contributed by atoms with Crippen LogP contribution in [0.15, 0.2) is 24.3 Å². The molecule has 3 nitrogen and oxygen atoms in total. The Kier molecular flexibility index (Phi) is 4.97. The molecule has 0 aromatic heterocycles. The van der Waals surface area contributed by atoms with Crippen molar-refractivity contribution in [3.63, 3.8) is 0 Å². The van der Waals surface area contributed by atoms with Gasteiger partial charge in [-0.15, -0.1) is 0 Å². The summed E-state index contributed by atoms with van der Waals surface area (Å²) in [4.78, 5) is 12.0. The number of esters is 1. The van der Waals surface area contributed by atoms with E-state index in [2.05, 4.69) is 19.1 Å². The second-order valence-electron chi connectivity index (χ2n) is 5.27. The Morgan fingerprint density at radius 3 is 3.05 bits per heavy atom. The number of fused-ring (bicyclic) bond motifs is 1. The van der Waals surface area contributed by atoms with Crippen LogP contribution in [0.1, 0.15) is 56.3 Å². The number of unbranched alkanes of at least 4 members (excludes halogenated alkanes) is 1. The first-order valence-electron chi connectivity index (χ1n) is 7.26. The minimum atomic E-state index is -0.478. The number of rotatable bonds is 5. The van der Waals surface area contributed by atoms with Gasteiger partial charge in [0.25, 0.3) is 0 Å². The molecule has 0 aliphatic heterocycles. The SMILES string of the molecule is CCCC[C@H](N)C(=O)OC1CCCc2ccccc21. The molecule has 2 atom stereocenters. The summed E-state index contributed by atoms with van der Waals surface area (Å²) in [6, 6.07) is 7.74. The molecule has 1 aromatic rings. The smallest absolute Gasteiger partial charge is 0.323 e. The second kappa shape index (κ2) is 6.71. The maximum absolute atomic E-state index is 12.0. The fraction of sp³-hybridized carbons (Fsp3) is 0.562. The highest BCUT2D eigenvalue weighted by molar-refractivity contribution is 5.75. The summed E-state index contributed by atoms with van der Waals surface area (Å²) in [5, 5.41) is 0. The monoisotopic (exact) mass is 261 g/mol. The van der Waals surface area contributed by atoms with Crippen LogP contribution in [0.2, 0.25) is 0 Å². The first-order chi connectivity index (χ1) is 9.22. The summed E-state index contributed by atoms with van der Waals surface area (Å²) >= 11 is 0. The van der Waals surface area contributed by atoms with Crippen molar-refractivity contribution in [1.82, 2.24) is 0 Å². The Labute approximate surface area is 115 Å². The van der Waals surface area contributed by atoms with Crippen molar-refractivity contribution in [2.24, 2.45) is 5.73 Å². The molecule has 0 bridgehead atoms. The van der Waals surface area contributed by atoms with E-state index < -0.39 is 6.04 Å². The van der Waals surface area contributed by atoms with E-state index >= 15 is 0 Å². The number of ether oxygens (including phenoxy) is 1. The molecule has 2 rings (SSSR count). The van der Waals surface area contributed by atoms with E-state index in [9.17, 15) is 4.79 Å². The maximum Gasteiger partial charge on any atom is 0.323 e. The largest absolute Gasteiger partial charge is 0.456 e. The molecular weight excluding hydrogens is 238 g/mol. The van der Waals surface area contributed by atoms with E-state index in [-0.39, 0.29) is 12.1 Å². The van der Waals surface area contributed by atoms with E-state index in [0.29, 0.717) is 6.42 Å². The van der Waals surface area contributed by atoms with Gasteiger partial charge >= 0.3 is 5.97 Å². The van der Waals surface area contributed by atoms with E-state index in [1.54, 1.807) is 0 Å². The predicted molar refractivity (Wildman–Crippen MR) is 75.7 cm³/mol. The molecule has 0 fully saturated rings. The number of hydrogen-bond acceptors (Lipinski definition) is 3. The average Bonchev–Trinajstić information content (AvgIpc) is 2.45. The van der Waals surface area contributed by atoms with E-state index in [1.165, 1.54) is 5.56 Å². The Balaban J connectivity index is 1.98. The molecule has 1 aliphatic carbocycles. The van der Waals surface area contributed by atoms with Gasteiger partial charge in [0.1, 0.15) is 12.1 Å². The molecule has 0 radical (unpaired) electrons. The van der Waals surface area contributed by atoms with Crippen molar-refractivity contribution in [3.8, 4) is 0 Å². The van der Waals surface area contributed by atoms with Crippen molar-refractivity contribution >= 4 is 5.97 Å². The Bertz CT molecular complexity index is 431. The second-order valence-corrected chi connectivity index (χ2v) is 5.27. The lowest BCUT2D eigenvalue weighted by molar-refractivity contribution is -0.152. The van der Waals surface area contributed by atoms with Gasteiger partial charge in [0.05, 0.1) is 0 Å². The fourth-order valence-electron chi connectivity index (χ4n) is 2.60. The highest BCUT2D eigenvalue weighted by Crippen LogP contribution is 2.32. The lowest BCUT2D eigenvalue weighted by atomic mass is 9.89. The first kappa shape index (κ1) is 14.1. The van der Waals surface area contributed by atoms with Gasteiger partial charge in [-0.2, -0.15) is 0 Å².